The molecule has 4 nitrogen and oxygen atoms in total. The minimum Gasteiger partial charge on any atom is -0.479 e. The summed E-state index contributed by atoms with van der Waals surface area (Å²) in [4.78, 5) is 6.36. The molecule has 1 aliphatic rings. The lowest BCUT2D eigenvalue weighted by Crippen LogP contribution is -2.22. The van der Waals surface area contributed by atoms with E-state index in [1.807, 2.05) is 31.9 Å². The Morgan fingerprint density at radius 2 is 2.28 bits per heavy atom. The van der Waals surface area contributed by atoms with Gasteiger partial charge in [-0.15, -0.1) is 0 Å². The number of pyridine rings is 1. The highest BCUT2D eigenvalue weighted by molar-refractivity contribution is 8.00. The Morgan fingerprint density at radius 3 is 2.83 bits per heavy atom. The van der Waals surface area contributed by atoms with Gasteiger partial charge in [-0.3, -0.25) is 0 Å². The fourth-order valence-electron chi connectivity index (χ4n) is 2.22. The smallest absolute Gasteiger partial charge is 0.239 e. The molecule has 1 aromatic rings. The van der Waals surface area contributed by atoms with Crippen molar-refractivity contribution >= 4 is 23.1 Å². The molecule has 1 aliphatic heterocycles. The SMILES string of the molecule is COc1nccc(N(C)C)c1NC1CSC(C)C1. The molecule has 5 heteroatoms. The van der Waals surface area contributed by atoms with Gasteiger partial charge >= 0.3 is 0 Å². The van der Waals surface area contributed by atoms with Gasteiger partial charge < -0.3 is 15.0 Å². The molecule has 2 heterocycles. The van der Waals surface area contributed by atoms with Crippen molar-refractivity contribution in [2.75, 3.05) is 37.2 Å². The first-order valence-corrected chi connectivity index (χ1v) is 7.25. The normalized spacial score (nSPS) is 22.9. The maximum Gasteiger partial charge on any atom is 0.239 e. The van der Waals surface area contributed by atoms with E-state index in [4.69, 9.17) is 4.74 Å². The summed E-state index contributed by atoms with van der Waals surface area (Å²) in [5, 5.41) is 4.32. The third-order valence-electron chi connectivity index (χ3n) is 3.12. The molecule has 0 aliphatic carbocycles. The molecule has 0 amide bonds. The van der Waals surface area contributed by atoms with E-state index >= 15 is 0 Å². The summed E-state index contributed by atoms with van der Waals surface area (Å²) in [6, 6.07) is 2.51. The number of thioether (sulfide) groups is 1. The van der Waals surface area contributed by atoms with Gasteiger partial charge in [0.2, 0.25) is 5.88 Å². The predicted molar refractivity (Wildman–Crippen MR) is 79.1 cm³/mol. The van der Waals surface area contributed by atoms with Crippen molar-refractivity contribution in [1.29, 1.82) is 0 Å². The molecule has 0 spiro atoms. The minimum atomic E-state index is 0.502. The Labute approximate surface area is 113 Å². The first-order valence-electron chi connectivity index (χ1n) is 6.20. The number of nitrogens with zero attached hydrogens (tertiary/aromatic N) is 2. The summed E-state index contributed by atoms with van der Waals surface area (Å²) in [6.45, 7) is 2.28. The number of hydrogen-bond acceptors (Lipinski definition) is 5. The van der Waals surface area contributed by atoms with Crippen LogP contribution in [0.1, 0.15) is 13.3 Å². The molecule has 2 unspecified atom stereocenters. The Morgan fingerprint density at radius 1 is 1.50 bits per heavy atom. The molecule has 18 heavy (non-hydrogen) atoms. The van der Waals surface area contributed by atoms with Crippen LogP contribution < -0.4 is 15.0 Å². The molecule has 0 radical (unpaired) electrons. The summed E-state index contributed by atoms with van der Waals surface area (Å²) in [7, 11) is 5.73. The van der Waals surface area contributed by atoms with Gasteiger partial charge in [0.05, 0.1) is 12.8 Å². The molecule has 2 rings (SSSR count). The first kappa shape index (κ1) is 13.3. The van der Waals surface area contributed by atoms with Gasteiger partial charge in [-0.2, -0.15) is 11.8 Å². The number of aromatic nitrogens is 1. The number of rotatable bonds is 4. The molecule has 0 saturated carbocycles. The van der Waals surface area contributed by atoms with Crippen molar-refractivity contribution in [2.24, 2.45) is 0 Å². The van der Waals surface area contributed by atoms with Crippen LogP contribution in [0.15, 0.2) is 12.3 Å². The highest BCUT2D eigenvalue weighted by Crippen LogP contribution is 2.36. The largest absolute Gasteiger partial charge is 0.479 e. The summed E-state index contributed by atoms with van der Waals surface area (Å²) < 4.78 is 5.37. The van der Waals surface area contributed by atoms with Crippen LogP contribution in [0.4, 0.5) is 11.4 Å². The summed E-state index contributed by atoms with van der Waals surface area (Å²) >= 11 is 2.01. The zero-order valence-electron chi connectivity index (χ0n) is 11.4. The maximum absolute atomic E-state index is 5.37. The lowest BCUT2D eigenvalue weighted by molar-refractivity contribution is 0.399. The fourth-order valence-corrected chi connectivity index (χ4v) is 3.37. The molecule has 0 bridgehead atoms. The molecular formula is C13H21N3OS. The van der Waals surface area contributed by atoms with E-state index in [2.05, 4.69) is 22.1 Å². The molecule has 1 aromatic heterocycles. The third-order valence-corrected chi connectivity index (χ3v) is 4.47. The number of anilines is 2. The van der Waals surface area contributed by atoms with Crippen LogP contribution in [0, 0.1) is 0 Å². The highest BCUT2D eigenvalue weighted by atomic mass is 32.2. The second kappa shape index (κ2) is 5.69. The molecule has 1 fully saturated rings. The maximum atomic E-state index is 5.37. The van der Waals surface area contributed by atoms with Crippen LogP contribution >= 0.6 is 11.8 Å². The molecular weight excluding hydrogens is 246 g/mol. The summed E-state index contributed by atoms with van der Waals surface area (Å²) in [5.41, 5.74) is 2.12. The van der Waals surface area contributed by atoms with Crippen LogP contribution in [0.2, 0.25) is 0 Å². The van der Waals surface area contributed by atoms with Crippen LogP contribution in [-0.4, -0.2) is 43.2 Å². The number of nitrogens with one attached hydrogen (secondary N) is 1. The molecule has 2 atom stereocenters. The van der Waals surface area contributed by atoms with E-state index < -0.39 is 0 Å². The van der Waals surface area contributed by atoms with Crippen molar-refractivity contribution in [1.82, 2.24) is 4.98 Å². The highest BCUT2D eigenvalue weighted by Gasteiger charge is 2.24. The predicted octanol–water partition coefficient (Wildman–Crippen LogP) is 2.46. The molecule has 100 valence electrons. The van der Waals surface area contributed by atoms with Gasteiger partial charge in [0, 0.05) is 37.3 Å². The van der Waals surface area contributed by atoms with Gasteiger partial charge in [0.25, 0.3) is 0 Å². The number of ether oxygens (including phenoxy) is 1. The van der Waals surface area contributed by atoms with E-state index in [0.29, 0.717) is 11.9 Å². The van der Waals surface area contributed by atoms with Gasteiger partial charge in [0.15, 0.2) is 0 Å². The molecule has 0 aromatic carbocycles. The van der Waals surface area contributed by atoms with Crippen molar-refractivity contribution in [3.63, 3.8) is 0 Å². The Hall–Kier alpha value is -1.10. The topological polar surface area (TPSA) is 37.4 Å². The van der Waals surface area contributed by atoms with Crippen molar-refractivity contribution < 1.29 is 4.74 Å². The second-order valence-corrected chi connectivity index (χ2v) is 6.30. The van der Waals surface area contributed by atoms with E-state index in [1.165, 1.54) is 6.42 Å². The van der Waals surface area contributed by atoms with Crippen molar-refractivity contribution in [2.45, 2.75) is 24.6 Å². The lowest BCUT2D eigenvalue weighted by atomic mass is 10.2. The zero-order chi connectivity index (χ0) is 13.1. The van der Waals surface area contributed by atoms with Gasteiger partial charge in [-0.1, -0.05) is 6.92 Å². The zero-order valence-corrected chi connectivity index (χ0v) is 12.3. The Balaban J connectivity index is 2.23. The third kappa shape index (κ3) is 2.83. The first-order chi connectivity index (χ1) is 8.61. The van der Waals surface area contributed by atoms with Gasteiger partial charge in [-0.05, 0) is 12.5 Å². The standard InChI is InChI=1S/C13H21N3OS/c1-9-7-10(8-18-9)15-12-11(16(2)3)5-6-14-13(12)17-4/h5-6,9-10,15H,7-8H2,1-4H3. The van der Waals surface area contributed by atoms with E-state index in [9.17, 15) is 0 Å². The van der Waals surface area contributed by atoms with Crippen LogP contribution in [-0.2, 0) is 0 Å². The lowest BCUT2D eigenvalue weighted by Gasteiger charge is -2.22. The number of methoxy groups -OCH3 is 1. The number of hydrogen-bond donors (Lipinski definition) is 1. The fraction of sp³-hybridized carbons (Fsp3) is 0.615. The van der Waals surface area contributed by atoms with Crippen LogP contribution in [0.5, 0.6) is 5.88 Å². The second-order valence-electron chi connectivity index (χ2n) is 4.83. The molecule has 1 saturated heterocycles. The average Bonchev–Trinajstić information content (AvgIpc) is 2.75. The van der Waals surface area contributed by atoms with E-state index in [0.717, 1.165) is 22.4 Å². The quantitative estimate of drug-likeness (QED) is 0.907. The Kier molecular flexibility index (Phi) is 4.22. The monoisotopic (exact) mass is 267 g/mol. The van der Waals surface area contributed by atoms with Crippen molar-refractivity contribution in [3.05, 3.63) is 12.3 Å². The van der Waals surface area contributed by atoms with Gasteiger partial charge in [-0.25, -0.2) is 4.98 Å². The summed E-state index contributed by atoms with van der Waals surface area (Å²) in [5.74, 6) is 1.82. The van der Waals surface area contributed by atoms with Crippen LogP contribution in [0.3, 0.4) is 0 Å². The van der Waals surface area contributed by atoms with E-state index in [-0.39, 0.29) is 0 Å². The van der Waals surface area contributed by atoms with Crippen molar-refractivity contribution in [3.8, 4) is 5.88 Å². The van der Waals surface area contributed by atoms with E-state index in [1.54, 1.807) is 13.3 Å². The van der Waals surface area contributed by atoms with Crippen LogP contribution in [0.25, 0.3) is 0 Å². The minimum absolute atomic E-state index is 0.502. The summed E-state index contributed by atoms with van der Waals surface area (Å²) in [6.07, 6.45) is 2.97. The molecule has 1 N–H and O–H groups in total. The average molecular weight is 267 g/mol. The van der Waals surface area contributed by atoms with Gasteiger partial charge in [0.1, 0.15) is 5.69 Å². The Bertz CT molecular complexity index is 411.